The van der Waals surface area contributed by atoms with Crippen LogP contribution in [0.25, 0.3) is 0 Å². The molecule has 0 heterocycles. The van der Waals surface area contributed by atoms with Crippen molar-refractivity contribution in [2.45, 2.75) is 13.8 Å². The van der Waals surface area contributed by atoms with Gasteiger partial charge in [0, 0.05) is 23.9 Å². The average Bonchev–Trinajstić information content (AvgIpc) is 2.52. The fourth-order valence-electron chi connectivity index (χ4n) is 2.13. The summed E-state index contributed by atoms with van der Waals surface area (Å²) in [6.45, 7) is 3.16. The number of hydrogen-bond acceptors (Lipinski definition) is 3. The summed E-state index contributed by atoms with van der Waals surface area (Å²) in [6.07, 6.45) is 0. The van der Waals surface area contributed by atoms with Gasteiger partial charge in [-0.25, -0.2) is 0 Å². The van der Waals surface area contributed by atoms with Gasteiger partial charge >= 0.3 is 0 Å². The minimum absolute atomic E-state index is 0.142. The molecule has 6 heteroatoms. The lowest BCUT2D eigenvalue weighted by Gasteiger charge is -2.09. The summed E-state index contributed by atoms with van der Waals surface area (Å²) in [5.41, 5.74) is 2.61. The van der Waals surface area contributed by atoms with Gasteiger partial charge in [0.2, 0.25) is 11.8 Å². The average molecular weight is 325 g/mol. The molecule has 3 N–H and O–H groups in total. The molecule has 0 spiro atoms. The van der Waals surface area contributed by atoms with Gasteiger partial charge in [0.05, 0.1) is 6.54 Å². The van der Waals surface area contributed by atoms with Crippen LogP contribution in [0.2, 0.25) is 0 Å². The highest BCUT2D eigenvalue weighted by Gasteiger charge is 2.08. The van der Waals surface area contributed by atoms with Gasteiger partial charge in [0.25, 0.3) is 5.91 Å². The van der Waals surface area contributed by atoms with Crippen LogP contribution >= 0.6 is 0 Å². The molecular formula is C18H19N3O3. The van der Waals surface area contributed by atoms with Gasteiger partial charge in [-0.15, -0.1) is 0 Å². The number of carbonyl (C=O) groups excluding carboxylic acids is 3. The zero-order valence-corrected chi connectivity index (χ0v) is 13.6. The summed E-state index contributed by atoms with van der Waals surface area (Å²) in [6, 6.07) is 13.9. The summed E-state index contributed by atoms with van der Waals surface area (Å²) >= 11 is 0. The molecule has 2 rings (SSSR count). The van der Waals surface area contributed by atoms with E-state index >= 15 is 0 Å². The zero-order chi connectivity index (χ0) is 17.5. The van der Waals surface area contributed by atoms with E-state index in [1.807, 2.05) is 13.0 Å². The van der Waals surface area contributed by atoms with Crippen molar-refractivity contribution < 1.29 is 14.4 Å². The third-order valence-electron chi connectivity index (χ3n) is 3.16. The monoisotopic (exact) mass is 325 g/mol. The van der Waals surface area contributed by atoms with Crippen molar-refractivity contribution >= 4 is 29.1 Å². The number of carbonyl (C=O) groups is 3. The first kappa shape index (κ1) is 17.2. The first-order chi connectivity index (χ1) is 11.4. The second kappa shape index (κ2) is 7.92. The number of rotatable bonds is 5. The van der Waals surface area contributed by atoms with Gasteiger partial charge in [0.1, 0.15) is 0 Å². The fourth-order valence-corrected chi connectivity index (χ4v) is 2.13. The fraction of sp³-hybridized carbons (Fsp3) is 0.167. The van der Waals surface area contributed by atoms with Gasteiger partial charge in [-0.1, -0.05) is 23.8 Å². The molecule has 0 aliphatic carbocycles. The lowest BCUT2D eigenvalue weighted by molar-refractivity contribution is -0.115. The van der Waals surface area contributed by atoms with Crippen LogP contribution in [0.3, 0.4) is 0 Å². The maximum absolute atomic E-state index is 12.0. The van der Waals surface area contributed by atoms with Crippen LogP contribution in [0.1, 0.15) is 22.8 Å². The molecule has 0 radical (unpaired) electrons. The van der Waals surface area contributed by atoms with Crippen LogP contribution in [0.4, 0.5) is 11.4 Å². The highest BCUT2D eigenvalue weighted by Crippen LogP contribution is 2.14. The SMILES string of the molecule is CC(=O)Nc1cccc(NC(=O)CNC(=O)c2cccc(C)c2)c1. The van der Waals surface area contributed by atoms with E-state index in [1.54, 1.807) is 42.5 Å². The predicted molar refractivity (Wildman–Crippen MR) is 92.9 cm³/mol. The number of nitrogens with one attached hydrogen (secondary N) is 3. The van der Waals surface area contributed by atoms with E-state index in [-0.39, 0.29) is 24.3 Å². The normalized spacial score (nSPS) is 9.92. The first-order valence-corrected chi connectivity index (χ1v) is 7.46. The Balaban J connectivity index is 1.89. The van der Waals surface area contributed by atoms with Crippen molar-refractivity contribution in [3.05, 3.63) is 59.7 Å². The van der Waals surface area contributed by atoms with E-state index in [0.717, 1.165) is 5.56 Å². The second-order valence-electron chi connectivity index (χ2n) is 5.36. The van der Waals surface area contributed by atoms with Crippen molar-refractivity contribution in [3.8, 4) is 0 Å². The molecule has 0 saturated heterocycles. The Kier molecular flexibility index (Phi) is 5.68. The quantitative estimate of drug-likeness (QED) is 0.788. The van der Waals surface area contributed by atoms with Gasteiger partial charge < -0.3 is 16.0 Å². The molecule has 0 unspecified atom stereocenters. The Hall–Kier alpha value is -3.15. The van der Waals surface area contributed by atoms with Crippen LogP contribution in [0, 0.1) is 6.92 Å². The molecule has 0 saturated carbocycles. The number of anilines is 2. The maximum atomic E-state index is 12.0. The predicted octanol–water partition coefficient (Wildman–Crippen LogP) is 2.32. The molecule has 2 aromatic rings. The number of benzene rings is 2. The van der Waals surface area contributed by atoms with Crippen LogP contribution in [-0.4, -0.2) is 24.3 Å². The summed E-state index contributed by atoms with van der Waals surface area (Å²) in [4.78, 5) is 35.0. The van der Waals surface area contributed by atoms with Crippen LogP contribution < -0.4 is 16.0 Å². The zero-order valence-electron chi connectivity index (χ0n) is 13.6. The van der Waals surface area contributed by atoms with Gasteiger partial charge in [-0.05, 0) is 37.3 Å². The van der Waals surface area contributed by atoms with Gasteiger partial charge in [-0.2, -0.15) is 0 Å². The molecule has 124 valence electrons. The van der Waals surface area contributed by atoms with E-state index < -0.39 is 0 Å². The third-order valence-corrected chi connectivity index (χ3v) is 3.16. The highest BCUT2D eigenvalue weighted by molar-refractivity contribution is 5.99. The van der Waals surface area contributed by atoms with Gasteiger partial charge in [0.15, 0.2) is 0 Å². The lowest BCUT2D eigenvalue weighted by Crippen LogP contribution is -2.32. The standard InChI is InChI=1S/C18H19N3O3/c1-12-5-3-6-14(9-12)18(24)19-11-17(23)21-16-8-4-7-15(10-16)20-13(2)22/h3-10H,11H2,1-2H3,(H,19,24)(H,20,22)(H,21,23). The number of hydrogen-bond donors (Lipinski definition) is 3. The molecule has 0 bridgehead atoms. The Bertz CT molecular complexity index is 772. The Morgan fingerprint density at radius 1 is 0.917 bits per heavy atom. The third kappa shape index (κ3) is 5.24. The van der Waals surface area contributed by atoms with Crippen LogP contribution in [-0.2, 0) is 9.59 Å². The molecule has 2 aromatic carbocycles. The Labute approximate surface area is 140 Å². The molecule has 0 fully saturated rings. The largest absolute Gasteiger partial charge is 0.343 e. The summed E-state index contributed by atoms with van der Waals surface area (Å²) in [7, 11) is 0. The number of aryl methyl sites for hydroxylation is 1. The van der Waals surface area contributed by atoms with E-state index in [2.05, 4.69) is 16.0 Å². The van der Waals surface area contributed by atoms with Crippen LogP contribution in [0.5, 0.6) is 0 Å². The summed E-state index contributed by atoms with van der Waals surface area (Å²) in [5, 5.41) is 7.88. The first-order valence-electron chi connectivity index (χ1n) is 7.46. The van der Waals surface area contributed by atoms with Crippen molar-refractivity contribution in [1.29, 1.82) is 0 Å². The van der Waals surface area contributed by atoms with E-state index in [9.17, 15) is 14.4 Å². The molecule has 0 aliphatic heterocycles. The van der Waals surface area contributed by atoms with Crippen molar-refractivity contribution in [1.82, 2.24) is 5.32 Å². The molecule has 6 nitrogen and oxygen atoms in total. The minimum atomic E-state index is -0.351. The highest BCUT2D eigenvalue weighted by atomic mass is 16.2. The summed E-state index contributed by atoms with van der Waals surface area (Å²) < 4.78 is 0. The molecule has 3 amide bonds. The molecule has 0 aromatic heterocycles. The summed E-state index contributed by atoms with van der Waals surface area (Å²) in [5.74, 6) is -0.847. The molecule has 24 heavy (non-hydrogen) atoms. The van der Waals surface area contributed by atoms with E-state index in [4.69, 9.17) is 0 Å². The smallest absolute Gasteiger partial charge is 0.251 e. The molecule has 0 atom stereocenters. The topological polar surface area (TPSA) is 87.3 Å². The second-order valence-corrected chi connectivity index (χ2v) is 5.36. The van der Waals surface area contributed by atoms with Crippen molar-refractivity contribution in [2.24, 2.45) is 0 Å². The molecule has 0 aliphatic rings. The number of amides is 3. The van der Waals surface area contributed by atoms with Crippen molar-refractivity contribution in [3.63, 3.8) is 0 Å². The van der Waals surface area contributed by atoms with Crippen molar-refractivity contribution in [2.75, 3.05) is 17.2 Å². The lowest BCUT2D eigenvalue weighted by atomic mass is 10.1. The maximum Gasteiger partial charge on any atom is 0.251 e. The van der Waals surface area contributed by atoms with Gasteiger partial charge in [-0.3, -0.25) is 14.4 Å². The van der Waals surface area contributed by atoms with E-state index in [0.29, 0.717) is 16.9 Å². The Morgan fingerprint density at radius 3 is 2.25 bits per heavy atom. The Morgan fingerprint density at radius 2 is 1.58 bits per heavy atom. The van der Waals surface area contributed by atoms with Crippen LogP contribution in [0.15, 0.2) is 48.5 Å². The minimum Gasteiger partial charge on any atom is -0.343 e. The van der Waals surface area contributed by atoms with E-state index in [1.165, 1.54) is 6.92 Å². The molecular weight excluding hydrogens is 306 g/mol.